The molecule has 3 heterocycles. The van der Waals surface area contributed by atoms with Crippen LogP contribution in [0.2, 0.25) is 0 Å². The smallest absolute Gasteiger partial charge is 0.223 e. The molecule has 2 N–H and O–H groups in total. The normalized spacial score (nSPS) is 21.0. The SMILES string of the molecule is CCc1cc2c(N(C)C3CCS(=O)(=O)C3)nc(N)nc2s1. The van der Waals surface area contributed by atoms with E-state index in [4.69, 9.17) is 5.73 Å². The third kappa shape index (κ3) is 2.69. The molecule has 2 aromatic heterocycles. The summed E-state index contributed by atoms with van der Waals surface area (Å²) in [6.45, 7) is 2.09. The summed E-state index contributed by atoms with van der Waals surface area (Å²) in [5.74, 6) is 1.39. The van der Waals surface area contributed by atoms with Crippen molar-refractivity contribution in [3.8, 4) is 0 Å². The van der Waals surface area contributed by atoms with Gasteiger partial charge in [-0.05, 0) is 18.9 Å². The Morgan fingerprint density at radius 3 is 2.86 bits per heavy atom. The molecule has 1 atom stereocenters. The lowest BCUT2D eigenvalue weighted by molar-refractivity contribution is 0.600. The van der Waals surface area contributed by atoms with Crippen molar-refractivity contribution in [3.05, 3.63) is 10.9 Å². The van der Waals surface area contributed by atoms with Crippen LogP contribution in [-0.4, -0.2) is 43.0 Å². The van der Waals surface area contributed by atoms with E-state index in [1.807, 2.05) is 11.9 Å². The fourth-order valence-corrected chi connectivity index (χ4v) is 5.41. The van der Waals surface area contributed by atoms with E-state index < -0.39 is 9.84 Å². The van der Waals surface area contributed by atoms with Gasteiger partial charge >= 0.3 is 0 Å². The standard InChI is InChI=1S/C13H18N4O2S2/c1-3-9-6-10-11(15-13(14)16-12(10)20-9)17(2)8-4-5-21(18,19)7-8/h6,8H,3-5,7H2,1-2H3,(H2,14,15,16). The number of hydrogen-bond donors (Lipinski definition) is 1. The van der Waals surface area contributed by atoms with E-state index in [-0.39, 0.29) is 23.5 Å². The van der Waals surface area contributed by atoms with Gasteiger partial charge in [0.15, 0.2) is 9.84 Å². The van der Waals surface area contributed by atoms with Crippen LogP contribution in [0.4, 0.5) is 11.8 Å². The van der Waals surface area contributed by atoms with E-state index in [9.17, 15) is 8.42 Å². The predicted molar refractivity (Wildman–Crippen MR) is 86.7 cm³/mol. The molecule has 0 radical (unpaired) electrons. The molecule has 114 valence electrons. The first-order valence-electron chi connectivity index (χ1n) is 6.89. The van der Waals surface area contributed by atoms with Gasteiger partial charge in [0.25, 0.3) is 0 Å². The molecule has 1 unspecified atom stereocenters. The first-order valence-corrected chi connectivity index (χ1v) is 9.52. The van der Waals surface area contributed by atoms with Crippen LogP contribution >= 0.6 is 11.3 Å². The third-order valence-electron chi connectivity index (χ3n) is 3.88. The summed E-state index contributed by atoms with van der Waals surface area (Å²) >= 11 is 1.61. The van der Waals surface area contributed by atoms with E-state index in [0.717, 1.165) is 22.5 Å². The monoisotopic (exact) mass is 326 g/mol. The number of nitrogens with zero attached hydrogens (tertiary/aromatic N) is 3. The van der Waals surface area contributed by atoms with Crippen LogP contribution in [0.3, 0.4) is 0 Å². The summed E-state index contributed by atoms with van der Waals surface area (Å²) in [7, 11) is -1.04. The predicted octanol–water partition coefficient (Wildman–Crippen LogP) is 1.46. The van der Waals surface area contributed by atoms with E-state index in [0.29, 0.717) is 6.42 Å². The van der Waals surface area contributed by atoms with E-state index in [2.05, 4.69) is 23.0 Å². The number of aryl methyl sites for hydroxylation is 1. The number of thiophene rings is 1. The molecule has 21 heavy (non-hydrogen) atoms. The Morgan fingerprint density at radius 1 is 1.48 bits per heavy atom. The summed E-state index contributed by atoms with van der Waals surface area (Å²) in [6.07, 6.45) is 1.57. The molecule has 1 aliphatic heterocycles. The van der Waals surface area contributed by atoms with Gasteiger partial charge in [0.1, 0.15) is 10.6 Å². The van der Waals surface area contributed by atoms with Crippen molar-refractivity contribution in [1.82, 2.24) is 9.97 Å². The number of nitrogen functional groups attached to an aromatic ring is 1. The van der Waals surface area contributed by atoms with Gasteiger partial charge in [-0.25, -0.2) is 13.4 Å². The minimum absolute atomic E-state index is 0.0440. The molecule has 6 nitrogen and oxygen atoms in total. The van der Waals surface area contributed by atoms with E-state index in [1.165, 1.54) is 4.88 Å². The Balaban J connectivity index is 2.04. The van der Waals surface area contributed by atoms with Crippen molar-refractivity contribution >= 4 is 43.2 Å². The molecule has 0 bridgehead atoms. The molecular weight excluding hydrogens is 308 g/mol. The summed E-state index contributed by atoms with van der Waals surface area (Å²) in [5, 5.41) is 0.956. The van der Waals surface area contributed by atoms with Crippen molar-refractivity contribution in [2.75, 3.05) is 29.2 Å². The second-order valence-corrected chi connectivity index (χ2v) is 8.70. The maximum Gasteiger partial charge on any atom is 0.223 e. The number of rotatable bonds is 3. The van der Waals surface area contributed by atoms with Crippen LogP contribution in [0.5, 0.6) is 0 Å². The lowest BCUT2D eigenvalue weighted by Crippen LogP contribution is -2.33. The zero-order valence-electron chi connectivity index (χ0n) is 12.0. The molecule has 0 aliphatic carbocycles. The molecule has 2 aromatic rings. The van der Waals surface area contributed by atoms with E-state index in [1.54, 1.807) is 11.3 Å². The number of fused-ring (bicyclic) bond motifs is 1. The van der Waals surface area contributed by atoms with Gasteiger partial charge in [-0.3, -0.25) is 0 Å². The minimum atomic E-state index is -2.93. The maximum absolute atomic E-state index is 11.7. The number of aromatic nitrogens is 2. The molecule has 0 saturated carbocycles. The van der Waals surface area contributed by atoms with Gasteiger partial charge in [-0.1, -0.05) is 6.92 Å². The summed E-state index contributed by atoms with van der Waals surface area (Å²) < 4.78 is 23.4. The fourth-order valence-electron chi connectivity index (χ4n) is 2.67. The van der Waals surface area contributed by atoms with Crippen LogP contribution in [0.1, 0.15) is 18.2 Å². The average molecular weight is 326 g/mol. The lowest BCUT2D eigenvalue weighted by atomic mass is 10.2. The molecule has 8 heteroatoms. The lowest BCUT2D eigenvalue weighted by Gasteiger charge is -2.25. The quantitative estimate of drug-likeness (QED) is 0.918. The Labute approximate surface area is 127 Å². The van der Waals surface area contributed by atoms with Crippen molar-refractivity contribution < 1.29 is 8.42 Å². The highest BCUT2D eigenvalue weighted by Crippen LogP contribution is 2.33. The van der Waals surface area contributed by atoms with Crippen LogP contribution in [0.15, 0.2) is 6.07 Å². The largest absolute Gasteiger partial charge is 0.368 e. The van der Waals surface area contributed by atoms with Crippen LogP contribution in [-0.2, 0) is 16.3 Å². The highest BCUT2D eigenvalue weighted by molar-refractivity contribution is 7.91. The molecule has 1 aliphatic rings. The van der Waals surface area contributed by atoms with Gasteiger partial charge in [0.2, 0.25) is 5.95 Å². The number of hydrogen-bond acceptors (Lipinski definition) is 7. The average Bonchev–Trinajstić information content (AvgIpc) is 2.99. The molecule has 0 spiro atoms. The summed E-state index contributed by atoms with van der Waals surface area (Å²) in [6, 6.07) is 2.03. The second-order valence-electron chi connectivity index (χ2n) is 5.36. The van der Waals surface area contributed by atoms with Crippen LogP contribution < -0.4 is 10.6 Å². The summed E-state index contributed by atoms with van der Waals surface area (Å²) in [5.41, 5.74) is 5.80. The Bertz CT molecular complexity index is 785. The summed E-state index contributed by atoms with van der Waals surface area (Å²) in [4.78, 5) is 12.7. The molecule has 1 fully saturated rings. The van der Waals surface area contributed by atoms with Gasteiger partial charge < -0.3 is 10.6 Å². The van der Waals surface area contributed by atoms with Crippen LogP contribution in [0.25, 0.3) is 10.2 Å². The number of anilines is 2. The number of nitrogens with two attached hydrogens (primary N) is 1. The Hall–Kier alpha value is -1.41. The second kappa shape index (κ2) is 5.10. The topological polar surface area (TPSA) is 89.2 Å². The molecule has 1 saturated heterocycles. The highest BCUT2D eigenvalue weighted by Gasteiger charge is 2.32. The maximum atomic E-state index is 11.7. The zero-order chi connectivity index (χ0) is 15.2. The first-order chi connectivity index (χ1) is 9.89. The van der Waals surface area contributed by atoms with Crippen molar-refractivity contribution in [3.63, 3.8) is 0 Å². The number of sulfone groups is 1. The zero-order valence-corrected chi connectivity index (χ0v) is 13.7. The van der Waals surface area contributed by atoms with Crippen molar-refractivity contribution in [2.45, 2.75) is 25.8 Å². The van der Waals surface area contributed by atoms with Crippen LogP contribution in [0, 0.1) is 0 Å². The first kappa shape index (κ1) is 14.5. The molecule has 0 amide bonds. The Morgan fingerprint density at radius 2 is 2.24 bits per heavy atom. The van der Waals surface area contributed by atoms with Gasteiger partial charge in [-0.15, -0.1) is 11.3 Å². The van der Waals surface area contributed by atoms with E-state index >= 15 is 0 Å². The fraction of sp³-hybridized carbons (Fsp3) is 0.538. The molecular formula is C13H18N4O2S2. The van der Waals surface area contributed by atoms with Gasteiger partial charge in [-0.2, -0.15) is 4.98 Å². The minimum Gasteiger partial charge on any atom is -0.368 e. The molecule has 0 aromatic carbocycles. The van der Waals surface area contributed by atoms with Crippen molar-refractivity contribution in [2.24, 2.45) is 0 Å². The van der Waals surface area contributed by atoms with Gasteiger partial charge in [0, 0.05) is 18.0 Å². The molecule has 3 rings (SSSR count). The van der Waals surface area contributed by atoms with Crippen molar-refractivity contribution in [1.29, 1.82) is 0 Å². The van der Waals surface area contributed by atoms with Gasteiger partial charge in [0.05, 0.1) is 16.9 Å². The Kier molecular flexibility index (Phi) is 3.53. The third-order valence-corrected chi connectivity index (χ3v) is 6.80. The highest BCUT2D eigenvalue weighted by atomic mass is 32.2.